The van der Waals surface area contributed by atoms with E-state index in [2.05, 4.69) is 19.2 Å². The van der Waals surface area contributed by atoms with Crippen LogP contribution >= 0.6 is 0 Å². The van der Waals surface area contributed by atoms with Gasteiger partial charge in [-0.3, -0.25) is 4.79 Å². The molecule has 1 aromatic heterocycles. The van der Waals surface area contributed by atoms with E-state index >= 15 is 0 Å². The Labute approximate surface area is 108 Å². The van der Waals surface area contributed by atoms with Crippen molar-refractivity contribution in [2.75, 3.05) is 6.54 Å². The molecule has 0 aliphatic heterocycles. The van der Waals surface area contributed by atoms with E-state index in [-0.39, 0.29) is 23.3 Å². The fourth-order valence-corrected chi connectivity index (χ4v) is 2.21. The fraction of sp³-hybridized carbons (Fsp3) is 0.643. The molecule has 3 N–H and O–H groups in total. The van der Waals surface area contributed by atoms with E-state index in [0.717, 1.165) is 24.4 Å². The van der Waals surface area contributed by atoms with Crippen LogP contribution in [-0.2, 0) is 10.2 Å². The average Bonchev–Trinajstić information content (AvgIpc) is 2.69. The van der Waals surface area contributed by atoms with E-state index in [1.54, 1.807) is 0 Å². The summed E-state index contributed by atoms with van der Waals surface area (Å²) in [5.41, 5.74) is 5.50. The predicted molar refractivity (Wildman–Crippen MR) is 70.2 cm³/mol. The highest BCUT2D eigenvalue weighted by atomic mass is 16.3. The summed E-state index contributed by atoms with van der Waals surface area (Å²) in [5.74, 6) is 2.03. The number of carbonyl (C=O) groups excluding carboxylic acids is 1. The Balaban J connectivity index is 1.87. The first kappa shape index (κ1) is 13.1. The minimum Gasteiger partial charge on any atom is -0.466 e. The molecule has 1 heterocycles. The summed E-state index contributed by atoms with van der Waals surface area (Å²) in [7, 11) is 0. The van der Waals surface area contributed by atoms with Gasteiger partial charge in [0.15, 0.2) is 0 Å². The van der Waals surface area contributed by atoms with Gasteiger partial charge in [0, 0.05) is 23.9 Å². The molecule has 18 heavy (non-hydrogen) atoms. The third-order valence-electron chi connectivity index (χ3n) is 3.66. The quantitative estimate of drug-likeness (QED) is 0.855. The molecule has 1 aliphatic carbocycles. The van der Waals surface area contributed by atoms with Crippen LogP contribution in [0, 0.1) is 12.8 Å². The molecule has 1 aliphatic rings. The van der Waals surface area contributed by atoms with E-state index in [4.69, 9.17) is 10.2 Å². The van der Waals surface area contributed by atoms with Gasteiger partial charge in [-0.15, -0.1) is 0 Å². The largest absolute Gasteiger partial charge is 0.466 e. The van der Waals surface area contributed by atoms with Crippen LogP contribution in [0.15, 0.2) is 16.5 Å². The molecule has 0 spiro atoms. The van der Waals surface area contributed by atoms with Gasteiger partial charge in [-0.25, -0.2) is 0 Å². The normalized spacial score (nSPS) is 23.6. The molecule has 0 atom stereocenters. The number of carbonyl (C=O) groups is 1. The number of hydrogen-bond acceptors (Lipinski definition) is 3. The number of nitrogens with two attached hydrogens (primary N) is 1. The van der Waals surface area contributed by atoms with Gasteiger partial charge < -0.3 is 15.5 Å². The molecule has 2 rings (SSSR count). The molecule has 0 aromatic carbocycles. The smallest absolute Gasteiger partial charge is 0.223 e. The Kier molecular flexibility index (Phi) is 3.48. The Morgan fingerprint density at radius 2 is 2.17 bits per heavy atom. The molecule has 1 aromatic rings. The first-order chi connectivity index (χ1) is 8.38. The lowest BCUT2D eigenvalue weighted by molar-refractivity contribution is -0.128. The molecule has 1 fully saturated rings. The summed E-state index contributed by atoms with van der Waals surface area (Å²) in [5, 5.41) is 3.00. The van der Waals surface area contributed by atoms with Crippen LogP contribution in [0.1, 0.15) is 38.2 Å². The third-order valence-corrected chi connectivity index (χ3v) is 3.66. The van der Waals surface area contributed by atoms with Gasteiger partial charge in [0.1, 0.15) is 11.5 Å². The second-order valence-corrected chi connectivity index (χ2v) is 5.94. The van der Waals surface area contributed by atoms with Crippen LogP contribution in [0.4, 0.5) is 0 Å². The number of hydrogen-bond donors (Lipinski definition) is 2. The van der Waals surface area contributed by atoms with Crippen molar-refractivity contribution in [3.05, 3.63) is 23.7 Å². The summed E-state index contributed by atoms with van der Waals surface area (Å²) in [4.78, 5) is 11.9. The zero-order chi connectivity index (χ0) is 13.3. The summed E-state index contributed by atoms with van der Waals surface area (Å²) in [6.07, 6.45) is 1.62. The lowest BCUT2D eigenvalue weighted by atomic mass is 9.80. The van der Waals surface area contributed by atoms with Gasteiger partial charge in [-0.2, -0.15) is 0 Å². The van der Waals surface area contributed by atoms with Gasteiger partial charge in [-0.1, -0.05) is 13.8 Å². The molecule has 0 radical (unpaired) electrons. The van der Waals surface area contributed by atoms with Crippen molar-refractivity contribution in [1.29, 1.82) is 0 Å². The number of amides is 1. The molecule has 0 unspecified atom stereocenters. The van der Waals surface area contributed by atoms with Crippen molar-refractivity contribution in [2.45, 2.75) is 45.1 Å². The highest BCUT2D eigenvalue weighted by molar-refractivity contribution is 5.79. The Bertz CT molecular complexity index is 431. The SMILES string of the molecule is Cc1ccc(C(C)(C)CNC(=O)C2CC(N)C2)o1. The van der Waals surface area contributed by atoms with Crippen LogP contribution in [0.3, 0.4) is 0 Å². The summed E-state index contributed by atoms with van der Waals surface area (Å²) in [6, 6.07) is 4.13. The number of furan rings is 1. The molecule has 0 saturated heterocycles. The van der Waals surface area contributed by atoms with E-state index in [1.165, 1.54) is 0 Å². The Hall–Kier alpha value is -1.29. The van der Waals surface area contributed by atoms with Crippen molar-refractivity contribution < 1.29 is 9.21 Å². The summed E-state index contributed by atoms with van der Waals surface area (Å²) < 4.78 is 5.63. The Morgan fingerprint density at radius 3 is 2.67 bits per heavy atom. The van der Waals surface area contributed by atoms with E-state index < -0.39 is 0 Å². The molecule has 1 amide bonds. The van der Waals surface area contributed by atoms with Crippen molar-refractivity contribution in [1.82, 2.24) is 5.32 Å². The molecule has 1 saturated carbocycles. The van der Waals surface area contributed by atoms with Crippen LogP contribution in [0.25, 0.3) is 0 Å². The Morgan fingerprint density at radius 1 is 1.50 bits per heavy atom. The second-order valence-electron chi connectivity index (χ2n) is 5.94. The van der Waals surface area contributed by atoms with E-state index in [0.29, 0.717) is 6.54 Å². The molecule has 4 nitrogen and oxygen atoms in total. The maximum Gasteiger partial charge on any atom is 0.223 e. The predicted octanol–water partition coefficient (Wildman–Crippen LogP) is 1.72. The van der Waals surface area contributed by atoms with Crippen LogP contribution in [0.2, 0.25) is 0 Å². The second kappa shape index (κ2) is 4.76. The van der Waals surface area contributed by atoms with Gasteiger partial charge >= 0.3 is 0 Å². The lowest BCUT2D eigenvalue weighted by Gasteiger charge is -2.32. The monoisotopic (exact) mass is 250 g/mol. The zero-order valence-electron chi connectivity index (χ0n) is 11.3. The van der Waals surface area contributed by atoms with Crippen LogP contribution < -0.4 is 11.1 Å². The standard InChI is InChI=1S/C14H22N2O2/c1-9-4-5-12(18-9)14(2,3)8-16-13(17)10-6-11(15)7-10/h4-5,10-11H,6-8,15H2,1-3H3,(H,16,17). The van der Waals surface area contributed by atoms with Crippen molar-refractivity contribution in [2.24, 2.45) is 11.7 Å². The number of aryl methyl sites for hydroxylation is 1. The summed E-state index contributed by atoms with van der Waals surface area (Å²) in [6.45, 7) is 6.65. The van der Waals surface area contributed by atoms with Gasteiger partial charge in [0.25, 0.3) is 0 Å². The molecule has 0 bridgehead atoms. The van der Waals surface area contributed by atoms with Crippen LogP contribution in [-0.4, -0.2) is 18.5 Å². The molecule has 100 valence electrons. The molecular formula is C14H22N2O2. The van der Waals surface area contributed by atoms with Crippen molar-refractivity contribution in [3.63, 3.8) is 0 Å². The fourth-order valence-electron chi connectivity index (χ4n) is 2.21. The maximum atomic E-state index is 11.9. The topological polar surface area (TPSA) is 68.3 Å². The van der Waals surface area contributed by atoms with Crippen molar-refractivity contribution >= 4 is 5.91 Å². The number of nitrogens with one attached hydrogen (secondary N) is 1. The van der Waals surface area contributed by atoms with Crippen LogP contribution in [0.5, 0.6) is 0 Å². The van der Waals surface area contributed by atoms with Gasteiger partial charge in [0.2, 0.25) is 5.91 Å². The first-order valence-corrected chi connectivity index (χ1v) is 6.49. The van der Waals surface area contributed by atoms with E-state index in [9.17, 15) is 4.79 Å². The minimum absolute atomic E-state index is 0.106. The first-order valence-electron chi connectivity index (χ1n) is 6.49. The highest BCUT2D eigenvalue weighted by Crippen LogP contribution is 2.27. The average molecular weight is 250 g/mol. The lowest BCUT2D eigenvalue weighted by Crippen LogP contribution is -2.47. The molecular weight excluding hydrogens is 228 g/mol. The van der Waals surface area contributed by atoms with Crippen molar-refractivity contribution in [3.8, 4) is 0 Å². The number of rotatable bonds is 4. The van der Waals surface area contributed by atoms with E-state index in [1.807, 2.05) is 19.1 Å². The molecule has 4 heteroatoms. The minimum atomic E-state index is -0.185. The van der Waals surface area contributed by atoms with Gasteiger partial charge in [-0.05, 0) is 31.9 Å². The van der Waals surface area contributed by atoms with Gasteiger partial charge in [0.05, 0.1) is 0 Å². The summed E-state index contributed by atoms with van der Waals surface area (Å²) >= 11 is 0. The maximum absolute atomic E-state index is 11.9. The zero-order valence-corrected chi connectivity index (χ0v) is 11.3. The third kappa shape index (κ3) is 2.75. The highest BCUT2D eigenvalue weighted by Gasteiger charge is 2.33.